The third-order valence-electron chi connectivity index (χ3n) is 9.16. The Morgan fingerprint density at radius 1 is 0.420 bits per heavy atom. The average molecular weight is 642 g/mol. The van der Waals surface area contributed by atoms with E-state index in [0.29, 0.717) is 11.6 Å². The van der Waals surface area contributed by atoms with E-state index >= 15 is 0 Å². The van der Waals surface area contributed by atoms with E-state index in [2.05, 4.69) is 119 Å². The van der Waals surface area contributed by atoms with Gasteiger partial charge in [-0.2, -0.15) is 0 Å². The fraction of sp³-hybridized carbons (Fsp3) is 0. The van der Waals surface area contributed by atoms with E-state index in [1.54, 1.807) is 6.20 Å². The Morgan fingerprint density at radius 3 is 1.66 bits per heavy atom. The Labute approximate surface area is 290 Å². The molecule has 0 unspecified atom stereocenters. The fourth-order valence-electron chi connectivity index (χ4n) is 6.68. The molecular formula is C46H31N3O. The van der Waals surface area contributed by atoms with E-state index in [9.17, 15) is 0 Å². The number of hydrogen-bond donors (Lipinski definition) is 0. The molecule has 236 valence electrons. The van der Waals surface area contributed by atoms with Crippen LogP contribution in [0.4, 0.5) is 0 Å². The smallest absolute Gasteiger partial charge is 0.172 e. The van der Waals surface area contributed by atoms with Crippen LogP contribution < -0.4 is 4.74 Å². The molecule has 0 radical (unpaired) electrons. The highest BCUT2D eigenvalue weighted by Gasteiger charge is 2.15. The molecule has 0 atom stereocenters. The monoisotopic (exact) mass is 641 g/mol. The molecule has 0 spiro atoms. The van der Waals surface area contributed by atoms with Crippen LogP contribution in [0.15, 0.2) is 188 Å². The first-order valence-electron chi connectivity index (χ1n) is 16.7. The van der Waals surface area contributed by atoms with Gasteiger partial charge < -0.3 is 9.30 Å². The molecule has 2 heterocycles. The molecule has 0 saturated carbocycles. The van der Waals surface area contributed by atoms with Crippen LogP contribution in [0.1, 0.15) is 0 Å². The molecule has 4 nitrogen and oxygen atoms in total. The standard InChI is InChI=1S/C46H31N3O/c1-4-12-35(13-5-1)45-44(31-47-46(48-45)36-14-6-2-7-15-36)50-39-27-24-33(25-28-39)32-20-22-34(23-21-32)37-26-29-41-40-18-10-11-19-42(40)49(43(41)30-37)38-16-8-3-9-17-38/h1-31H. The summed E-state index contributed by atoms with van der Waals surface area (Å²) in [5.74, 6) is 1.99. The molecule has 4 heteroatoms. The van der Waals surface area contributed by atoms with Gasteiger partial charge in [-0.1, -0.05) is 146 Å². The predicted molar refractivity (Wildman–Crippen MR) is 205 cm³/mol. The lowest BCUT2D eigenvalue weighted by Crippen LogP contribution is -1.96. The number of nitrogens with zero attached hydrogens (tertiary/aromatic N) is 3. The average Bonchev–Trinajstić information content (AvgIpc) is 3.53. The maximum absolute atomic E-state index is 6.39. The van der Waals surface area contributed by atoms with Crippen molar-refractivity contribution in [3.8, 4) is 62.1 Å². The van der Waals surface area contributed by atoms with Gasteiger partial charge in [-0.15, -0.1) is 0 Å². The maximum Gasteiger partial charge on any atom is 0.172 e. The van der Waals surface area contributed by atoms with Crippen molar-refractivity contribution in [1.82, 2.24) is 14.5 Å². The predicted octanol–water partition coefficient (Wildman–Crippen LogP) is 12.0. The van der Waals surface area contributed by atoms with Crippen molar-refractivity contribution >= 4 is 21.8 Å². The summed E-state index contributed by atoms with van der Waals surface area (Å²) in [6.07, 6.45) is 1.76. The van der Waals surface area contributed by atoms with E-state index in [4.69, 9.17) is 9.72 Å². The molecule has 0 N–H and O–H groups in total. The Morgan fingerprint density at radius 2 is 0.960 bits per heavy atom. The number of hydrogen-bond acceptors (Lipinski definition) is 3. The molecule has 9 aromatic rings. The lowest BCUT2D eigenvalue weighted by molar-refractivity contribution is 0.480. The Balaban J connectivity index is 0.993. The highest BCUT2D eigenvalue weighted by Crippen LogP contribution is 2.36. The van der Waals surface area contributed by atoms with Crippen LogP contribution in [0.25, 0.3) is 72.4 Å². The summed E-state index contributed by atoms with van der Waals surface area (Å²) in [7, 11) is 0. The highest BCUT2D eigenvalue weighted by molar-refractivity contribution is 6.10. The molecule has 50 heavy (non-hydrogen) atoms. The zero-order chi connectivity index (χ0) is 33.3. The van der Waals surface area contributed by atoms with Crippen LogP contribution in [0.2, 0.25) is 0 Å². The minimum Gasteiger partial charge on any atom is -0.453 e. The van der Waals surface area contributed by atoms with Gasteiger partial charge in [0.2, 0.25) is 0 Å². The quantitative estimate of drug-likeness (QED) is 0.174. The first-order chi connectivity index (χ1) is 24.8. The Kier molecular flexibility index (Phi) is 7.45. The minimum atomic E-state index is 0.608. The van der Waals surface area contributed by atoms with Crippen LogP contribution in [0.3, 0.4) is 0 Å². The van der Waals surface area contributed by atoms with Gasteiger partial charge in [0.25, 0.3) is 0 Å². The molecule has 2 aromatic heterocycles. The lowest BCUT2D eigenvalue weighted by atomic mass is 9.99. The van der Waals surface area contributed by atoms with E-state index in [1.165, 1.54) is 32.9 Å². The van der Waals surface area contributed by atoms with Crippen molar-refractivity contribution in [1.29, 1.82) is 0 Å². The second kappa shape index (κ2) is 12.7. The molecule has 9 rings (SSSR count). The number of aromatic nitrogens is 3. The van der Waals surface area contributed by atoms with E-state index in [-0.39, 0.29) is 0 Å². The molecule has 0 aliphatic rings. The van der Waals surface area contributed by atoms with Crippen molar-refractivity contribution in [2.75, 3.05) is 0 Å². The molecule has 0 aliphatic heterocycles. The van der Waals surface area contributed by atoms with Crippen molar-refractivity contribution in [2.24, 2.45) is 0 Å². The largest absolute Gasteiger partial charge is 0.453 e. The number of rotatable bonds is 7. The summed E-state index contributed by atoms with van der Waals surface area (Å²) < 4.78 is 8.75. The van der Waals surface area contributed by atoms with Gasteiger partial charge in [0.05, 0.1) is 17.2 Å². The number of para-hydroxylation sites is 2. The zero-order valence-corrected chi connectivity index (χ0v) is 27.1. The normalized spacial score (nSPS) is 11.2. The Bertz CT molecular complexity index is 2580. The number of benzene rings is 7. The van der Waals surface area contributed by atoms with E-state index in [1.807, 2.05) is 72.8 Å². The first kappa shape index (κ1) is 29.4. The minimum absolute atomic E-state index is 0.608. The van der Waals surface area contributed by atoms with E-state index < -0.39 is 0 Å². The van der Waals surface area contributed by atoms with Crippen LogP contribution in [-0.2, 0) is 0 Å². The van der Waals surface area contributed by atoms with Crippen molar-refractivity contribution in [3.63, 3.8) is 0 Å². The topological polar surface area (TPSA) is 39.9 Å². The van der Waals surface area contributed by atoms with Gasteiger partial charge in [-0.25, -0.2) is 9.97 Å². The van der Waals surface area contributed by atoms with Gasteiger partial charge in [0, 0.05) is 27.6 Å². The van der Waals surface area contributed by atoms with Gasteiger partial charge in [0.1, 0.15) is 11.4 Å². The summed E-state index contributed by atoms with van der Waals surface area (Å²) in [6.45, 7) is 0. The second-order valence-electron chi connectivity index (χ2n) is 12.3. The molecule has 0 amide bonds. The third kappa shape index (κ3) is 5.49. The summed E-state index contributed by atoms with van der Waals surface area (Å²) in [5, 5.41) is 2.51. The van der Waals surface area contributed by atoms with Gasteiger partial charge in [0.15, 0.2) is 11.6 Å². The summed E-state index contributed by atoms with van der Waals surface area (Å²) in [6, 6.07) is 63.1. The molecule has 0 fully saturated rings. The second-order valence-corrected chi connectivity index (χ2v) is 12.3. The van der Waals surface area contributed by atoms with Crippen LogP contribution >= 0.6 is 0 Å². The van der Waals surface area contributed by atoms with E-state index in [0.717, 1.165) is 39.4 Å². The van der Waals surface area contributed by atoms with Gasteiger partial charge in [-0.05, 0) is 58.7 Å². The molecule has 0 saturated heterocycles. The number of fused-ring (bicyclic) bond motifs is 3. The molecule has 0 aliphatic carbocycles. The van der Waals surface area contributed by atoms with Crippen molar-refractivity contribution in [3.05, 3.63) is 188 Å². The number of ether oxygens (including phenoxy) is 1. The SMILES string of the molecule is c1ccc(-c2ncc(Oc3ccc(-c4ccc(-c5ccc6c7ccccc7n(-c7ccccc7)c6c5)cc4)cc3)c(-c3ccccc3)n2)cc1. The van der Waals surface area contributed by atoms with Crippen molar-refractivity contribution in [2.45, 2.75) is 0 Å². The molecule has 0 bridgehead atoms. The summed E-state index contributed by atoms with van der Waals surface area (Å²) in [5.41, 5.74) is 10.9. The summed E-state index contributed by atoms with van der Waals surface area (Å²) in [4.78, 5) is 9.56. The van der Waals surface area contributed by atoms with Gasteiger partial charge in [-0.3, -0.25) is 0 Å². The molecule has 7 aromatic carbocycles. The maximum atomic E-state index is 6.39. The fourth-order valence-corrected chi connectivity index (χ4v) is 6.68. The third-order valence-corrected chi connectivity index (χ3v) is 9.16. The van der Waals surface area contributed by atoms with Crippen LogP contribution in [-0.4, -0.2) is 14.5 Å². The van der Waals surface area contributed by atoms with Crippen LogP contribution in [0.5, 0.6) is 11.5 Å². The Hall–Kier alpha value is -6.78. The summed E-state index contributed by atoms with van der Waals surface area (Å²) >= 11 is 0. The van der Waals surface area contributed by atoms with Crippen LogP contribution in [0, 0.1) is 0 Å². The van der Waals surface area contributed by atoms with Gasteiger partial charge >= 0.3 is 0 Å². The highest BCUT2D eigenvalue weighted by atomic mass is 16.5. The first-order valence-corrected chi connectivity index (χ1v) is 16.7. The van der Waals surface area contributed by atoms with Crippen molar-refractivity contribution < 1.29 is 4.74 Å². The zero-order valence-electron chi connectivity index (χ0n) is 27.1. The molecular weight excluding hydrogens is 611 g/mol. The lowest BCUT2D eigenvalue weighted by Gasteiger charge is -2.13.